The van der Waals surface area contributed by atoms with Crippen LogP contribution in [0.5, 0.6) is 0 Å². The predicted octanol–water partition coefficient (Wildman–Crippen LogP) is 2.85. The van der Waals surface area contributed by atoms with Gasteiger partial charge in [0.15, 0.2) is 18.7 Å². The summed E-state index contributed by atoms with van der Waals surface area (Å²) in [5.74, 6) is -1.65. The Morgan fingerprint density at radius 2 is 1.24 bits per heavy atom. The predicted molar refractivity (Wildman–Crippen MR) is 197 cm³/mol. The Hall–Kier alpha value is -3.54. The summed E-state index contributed by atoms with van der Waals surface area (Å²) in [6.45, 7) is 6.10. The van der Waals surface area contributed by atoms with Crippen molar-refractivity contribution in [1.82, 2.24) is 0 Å². The lowest BCUT2D eigenvalue weighted by Crippen LogP contribution is -2.69. The molecule has 14 heteroatoms. The molecule has 2 saturated heterocycles. The van der Waals surface area contributed by atoms with E-state index >= 15 is 0 Å². The zero-order valence-corrected chi connectivity index (χ0v) is 32.6. The molecule has 54 heavy (non-hydrogen) atoms. The van der Waals surface area contributed by atoms with Gasteiger partial charge in [-0.3, -0.25) is 0 Å². The number of esters is 2. The fraction of sp³-hybridized carbons (Fsp3) is 0.500. The first-order chi connectivity index (χ1) is 26.0. The van der Waals surface area contributed by atoms with E-state index in [0.29, 0.717) is 0 Å². The zero-order chi connectivity index (χ0) is 38.6. The minimum absolute atomic E-state index is 0.0265. The van der Waals surface area contributed by atoms with Crippen molar-refractivity contribution in [3.63, 3.8) is 0 Å². The van der Waals surface area contributed by atoms with Crippen molar-refractivity contribution in [2.75, 3.05) is 41.7 Å². The largest absolute Gasteiger partial charge is 0.459 e. The number of rotatable bonds is 9. The number of cyclic esters (lactones) is 1. The topological polar surface area (TPSA) is 147 Å². The maximum Gasteiger partial charge on any atom is 0.339 e. The SMILES string of the molecule is CO[C@H]1O[C@H](CO[Si](c2ccccc2)(c2ccccc2)C(C)(C)C)[C@@H](O)[C@@H]2O[C@H]3O[C@H](COC(=O)c4ccccc4C(=O)O[C@@H]12)[C@H](OC)[C@H](OC)[C@@H]3OC. The Balaban J connectivity index is 1.41. The number of hydrogen-bond donors (Lipinski definition) is 1. The fourth-order valence-electron chi connectivity index (χ4n) is 7.81. The second-order valence-corrected chi connectivity index (χ2v) is 18.8. The minimum atomic E-state index is -3.09. The van der Waals surface area contributed by atoms with Crippen molar-refractivity contribution < 1.29 is 61.8 Å². The van der Waals surface area contributed by atoms with E-state index in [0.717, 1.165) is 10.4 Å². The second kappa shape index (κ2) is 17.1. The molecule has 3 heterocycles. The third-order valence-corrected chi connectivity index (χ3v) is 15.4. The van der Waals surface area contributed by atoms with Gasteiger partial charge in [0.25, 0.3) is 8.32 Å². The van der Waals surface area contributed by atoms with Crippen molar-refractivity contribution in [3.8, 4) is 0 Å². The highest BCUT2D eigenvalue weighted by molar-refractivity contribution is 6.99. The minimum Gasteiger partial charge on any atom is -0.459 e. The molecule has 3 aromatic carbocycles. The molecule has 3 aliphatic heterocycles. The summed E-state index contributed by atoms with van der Waals surface area (Å²) in [4.78, 5) is 27.3. The second-order valence-electron chi connectivity index (χ2n) is 14.5. The number of aliphatic hydroxyl groups is 1. The maximum absolute atomic E-state index is 13.9. The molecule has 3 aromatic rings. The molecule has 2 bridgehead atoms. The van der Waals surface area contributed by atoms with E-state index in [-0.39, 0.29) is 29.4 Å². The molecule has 13 nitrogen and oxygen atoms in total. The van der Waals surface area contributed by atoms with E-state index in [2.05, 4.69) is 45.0 Å². The molecule has 0 amide bonds. The van der Waals surface area contributed by atoms with E-state index in [1.54, 1.807) is 12.1 Å². The van der Waals surface area contributed by atoms with Crippen LogP contribution in [0.15, 0.2) is 84.9 Å². The monoisotopic (exact) mass is 766 g/mol. The van der Waals surface area contributed by atoms with E-state index in [1.165, 1.54) is 40.6 Å². The van der Waals surface area contributed by atoms with Crippen LogP contribution < -0.4 is 10.4 Å². The van der Waals surface area contributed by atoms with Crippen molar-refractivity contribution in [2.24, 2.45) is 0 Å². The van der Waals surface area contributed by atoms with Crippen LogP contribution in [0.3, 0.4) is 0 Å². The molecule has 0 spiro atoms. The Morgan fingerprint density at radius 1 is 0.685 bits per heavy atom. The number of aliphatic hydroxyl groups excluding tert-OH is 1. The quantitative estimate of drug-likeness (QED) is 0.252. The van der Waals surface area contributed by atoms with Gasteiger partial charge in [0.05, 0.1) is 17.7 Å². The van der Waals surface area contributed by atoms with Crippen molar-refractivity contribution in [2.45, 2.75) is 87.2 Å². The molecule has 1 N–H and O–H groups in total. The lowest BCUT2D eigenvalue weighted by Gasteiger charge is -2.49. The molecule has 0 radical (unpaired) electrons. The van der Waals surface area contributed by atoms with Gasteiger partial charge in [-0.2, -0.15) is 0 Å². The highest BCUT2D eigenvalue weighted by atomic mass is 28.4. The van der Waals surface area contributed by atoms with Crippen LogP contribution in [0.1, 0.15) is 41.5 Å². The average molecular weight is 767 g/mol. The fourth-order valence-corrected chi connectivity index (χ4v) is 12.4. The molecule has 10 atom stereocenters. The summed E-state index contributed by atoms with van der Waals surface area (Å²) < 4.78 is 61.5. The lowest BCUT2D eigenvalue weighted by atomic mass is 9.96. The third-order valence-electron chi connectivity index (χ3n) is 10.4. The lowest BCUT2D eigenvalue weighted by molar-refractivity contribution is -0.361. The van der Waals surface area contributed by atoms with Crippen LogP contribution in [-0.4, -0.2) is 128 Å². The first-order valence-electron chi connectivity index (χ1n) is 18.0. The van der Waals surface area contributed by atoms with Crippen LogP contribution in [0.4, 0.5) is 0 Å². The third kappa shape index (κ3) is 7.65. The molecule has 3 aliphatic rings. The van der Waals surface area contributed by atoms with Crippen molar-refractivity contribution in [3.05, 3.63) is 96.1 Å². The van der Waals surface area contributed by atoms with Gasteiger partial charge in [-0.1, -0.05) is 93.6 Å². The number of benzene rings is 3. The Bertz CT molecular complexity index is 1660. The van der Waals surface area contributed by atoms with Gasteiger partial charge >= 0.3 is 11.9 Å². The van der Waals surface area contributed by atoms with Gasteiger partial charge in [0.1, 0.15) is 49.3 Å². The first-order valence-corrected chi connectivity index (χ1v) is 19.9. The number of hydrogen-bond acceptors (Lipinski definition) is 13. The van der Waals surface area contributed by atoms with Gasteiger partial charge in [0.2, 0.25) is 0 Å². The summed E-state index contributed by atoms with van der Waals surface area (Å²) in [7, 11) is 2.75. The number of ether oxygens (including phenoxy) is 9. The average Bonchev–Trinajstić information content (AvgIpc) is 3.19. The van der Waals surface area contributed by atoms with Crippen LogP contribution in [-0.2, 0) is 47.1 Å². The molecule has 0 unspecified atom stereocenters. The molecule has 292 valence electrons. The van der Waals surface area contributed by atoms with E-state index < -0.39 is 81.7 Å². The highest BCUT2D eigenvalue weighted by Gasteiger charge is 2.56. The van der Waals surface area contributed by atoms with Gasteiger partial charge in [-0.15, -0.1) is 0 Å². The molecular formula is C40H50O13Si. The van der Waals surface area contributed by atoms with Crippen LogP contribution >= 0.6 is 0 Å². The molecule has 6 rings (SSSR count). The standard InChI is InChI=1S/C40H50O13Si/c1-40(2,3)54(24-16-10-8-11-17-24,25-18-12-9-13-19-25)49-23-28-30(41)32-35(38(47-7)50-28)52-37(43)27-21-15-14-20-26(27)36(42)48-22-29-31(44-4)33(45-5)34(46-6)39(51-29)53-32/h8-21,28-35,38-39,41H,22-23H2,1-7H3/t28-,29-,30-,31+,32+,33+,34+,35-,38+,39-/m1/s1. The molecule has 0 aromatic heterocycles. The Morgan fingerprint density at radius 3 is 1.78 bits per heavy atom. The normalized spacial score (nSPS) is 30.7. The summed E-state index contributed by atoms with van der Waals surface area (Å²) in [6.07, 6.45) is -10.9. The first kappa shape index (κ1) is 40.1. The van der Waals surface area contributed by atoms with E-state index in [9.17, 15) is 14.7 Å². The van der Waals surface area contributed by atoms with Crippen LogP contribution in [0.25, 0.3) is 0 Å². The number of carbonyl (C=O) groups is 2. The van der Waals surface area contributed by atoms with Crippen LogP contribution in [0.2, 0.25) is 5.04 Å². The molecular weight excluding hydrogens is 717 g/mol. The Labute approximate surface area is 316 Å². The summed E-state index contributed by atoms with van der Waals surface area (Å²) >= 11 is 0. The zero-order valence-electron chi connectivity index (χ0n) is 31.6. The summed E-state index contributed by atoms with van der Waals surface area (Å²) in [5.41, 5.74) is -0.0832. The summed E-state index contributed by atoms with van der Waals surface area (Å²) in [6, 6.07) is 26.3. The number of carbonyl (C=O) groups excluding carboxylic acids is 2. The maximum atomic E-state index is 13.9. The molecule has 0 saturated carbocycles. The van der Waals surface area contributed by atoms with Gasteiger partial charge in [-0.25, -0.2) is 9.59 Å². The van der Waals surface area contributed by atoms with Gasteiger partial charge in [0, 0.05) is 28.4 Å². The number of methoxy groups -OCH3 is 4. The number of fused-ring (bicyclic) bond motifs is 4. The van der Waals surface area contributed by atoms with E-state index in [1.807, 2.05) is 36.4 Å². The van der Waals surface area contributed by atoms with Crippen LogP contribution in [0, 0.1) is 0 Å². The molecule has 2 fully saturated rings. The van der Waals surface area contributed by atoms with Crippen molar-refractivity contribution >= 4 is 30.6 Å². The van der Waals surface area contributed by atoms with E-state index in [4.69, 9.17) is 47.1 Å². The smallest absolute Gasteiger partial charge is 0.339 e. The highest BCUT2D eigenvalue weighted by Crippen LogP contribution is 2.39. The molecule has 0 aliphatic carbocycles. The van der Waals surface area contributed by atoms with Gasteiger partial charge < -0.3 is 52.2 Å². The van der Waals surface area contributed by atoms with Crippen molar-refractivity contribution in [1.29, 1.82) is 0 Å². The van der Waals surface area contributed by atoms with Gasteiger partial charge in [-0.05, 0) is 27.5 Å². The Kier molecular flexibility index (Phi) is 12.7. The summed E-state index contributed by atoms with van der Waals surface area (Å²) in [5, 5.41) is 14.0.